The lowest BCUT2D eigenvalue weighted by Gasteiger charge is -2.40. The number of carbonyl (C=O) groups excluding carboxylic acids is 2. The predicted octanol–water partition coefficient (Wildman–Crippen LogP) is 1.01. The summed E-state index contributed by atoms with van der Waals surface area (Å²) in [6.45, 7) is 2.80. The first-order chi connectivity index (χ1) is 12.0. The van der Waals surface area contributed by atoms with Crippen LogP contribution in [-0.4, -0.2) is 55.3 Å². The Morgan fingerprint density at radius 2 is 2.16 bits per heavy atom. The minimum Gasteiger partial charge on any atom is -0.379 e. The van der Waals surface area contributed by atoms with E-state index in [-0.39, 0.29) is 30.2 Å². The van der Waals surface area contributed by atoms with Gasteiger partial charge in [-0.2, -0.15) is 0 Å². The van der Waals surface area contributed by atoms with Gasteiger partial charge in [-0.3, -0.25) is 19.8 Å². The zero-order chi connectivity index (χ0) is 17.8. The van der Waals surface area contributed by atoms with Crippen molar-refractivity contribution in [3.8, 4) is 0 Å². The van der Waals surface area contributed by atoms with Crippen LogP contribution in [0.25, 0.3) is 0 Å². The van der Waals surface area contributed by atoms with Crippen molar-refractivity contribution >= 4 is 33.4 Å². The van der Waals surface area contributed by atoms with E-state index in [4.69, 9.17) is 4.74 Å². The van der Waals surface area contributed by atoms with Crippen molar-refractivity contribution in [1.29, 1.82) is 0 Å². The van der Waals surface area contributed by atoms with Gasteiger partial charge in [-0.1, -0.05) is 0 Å². The summed E-state index contributed by atoms with van der Waals surface area (Å²) in [4.78, 5) is 26.4. The summed E-state index contributed by atoms with van der Waals surface area (Å²) < 4.78 is 18.9. The minimum atomic E-state index is -0.451. The number of ether oxygens (including phenoxy) is 1. The molecule has 0 aliphatic carbocycles. The molecule has 0 aromatic heterocycles. The van der Waals surface area contributed by atoms with E-state index >= 15 is 0 Å². The molecule has 3 rings (SSSR count). The highest BCUT2D eigenvalue weighted by molar-refractivity contribution is 9.10. The number of nitrogens with one attached hydrogen (secondary N) is 3. The number of benzene rings is 1. The Hall–Kier alpha value is -1.55. The summed E-state index contributed by atoms with van der Waals surface area (Å²) in [5, 5.41) is 8.80. The van der Waals surface area contributed by atoms with E-state index in [0.717, 1.165) is 13.1 Å². The third-order valence-electron chi connectivity index (χ3n) is 4.19. The Labute approximate surface area is 153 Å². The van der Waals surface area contributed by atoms with Crippen molar-refractivity contribution in [2.24, 2.45) is 0 Å². The zero-order valence-electron chi connectivity index (χ0n) is 13.6. The number of carbonyl (C=O) groups is 2. The second-order valence-corrected chi connectivity index (χ2v) is 6.89. The molecule has 2 fully saturated rings. The van der Waals surface area contributed by atoms with E-state index in [1.54, 1.807) is 0 Å². The van der Waals surface area contributed by atoms with Gasteiger partial charge in [0.05, 0.1) is 44.1 Å². The van der Waals surface area contributed by atoms with Crippen molar-refractivity contribution < 1.29 is 18.7 Å². The van der Waals surface area contributed by atoms with Crippen molar-refractivity contribution in [1.82, 2.24) is 15.5 Å². The van der Waals surface area contributed by atoms with Crippen molar-refractivity contribution in [3.63, 3.8) is 0 Å². The number of rotatable bonds is 4. The van der Waals surface area contributed by atoms with Crippen molar-refractivity contribution in [3.05, 3.63) is 28.5 Å². The topological polar surface area (TPSA) is 82.7 Å². The maximum Gasteiger partial charge on any atom is 0.227 e. The monoisotopic (exact) mass is 414 g/mol. The van der Waals surface area contributed by atoms with Gasteiger partial charge in [0.1, 0.15) is 5.82 Å². The Morgan fingerprint density at radius 3 is 2.88 bits per heavy atom. The van der Waals surface area contributed by atoms with Crippen molar-refractivity contribution in [2.45, 2.75) is 25.2 Å². The van der Waals surface area contributed by atoms with Gasteiger partial charge in [0.2, 0.25) is 11.8 Å². The number of anilines is 1. The maximum absolute atomic E-state index is 13.1. The van der Waals surface area contributed by atoms with Crippen LogP contribution in [-0.2, 0) is 14.3 Å². The molecular weight excluding hydrogens is 395 g/mol. The third kappa shape index (κ3) is 4.97. The first-order valence-electron chi connectivity index (χ1n) is 8.13. The fourth-order valence-corrected chi connectivity index (χ4v) is 3.42. The SMILES string of the molecule is O=C(CC1NC(=O)CC(N2CCOCC2)N1)Nc1ccc(F)cc1Br. The molecule has 2 unspecified atom stereocenters. The van der Waals surface area contributed by atoms with E-state index in [1.165, 1.54) is 18.2 Å². The molecule has 9 heteroatoms. The number of nitrogens with zero attached hydrogens (tertiary/aromatic N) is 1. The second-order valence-electron chi connectivity index (χ2n) is 6.03. The molecule has 0 spiro atoms. The van der Waals surface area contributed by atoms with E-state index in [0.29, 0.717) is 29.8 Å². The van der Waals surface area contributed by atoms with Gasteiger partial charge in [-0.15, -0.1) is 0 Å². The highest BCUT2D eigenvalue weighted by Crippen LogP contribution is 2.23. The van der Waals surface area contributed by atoms with Crippen LogP contribution in [0.4, 0.5) is 10.1 Å². The van der Waals surface area contributed by atoms with Crippen LogP contribution in [0.5, 0.6) is 0 Å². The largest absolute Gasteiger partial charge is 0.379 e. The van der Waals surface area contributed by atoms with E-state index in [2.05, 4.69) is 36.8 Å². The van der Waals surface area contributed by atoms with Gasteiger partial charge in [0.15, 0.2) is 0 Å². The highest BCUT2D eigenvalue weighted by atomic mass is 79.9. The van der Waals surface area contributed by atoms with Crippen LogP contribution in [0.1, 0.15) is 12.8 Å². The summed E-state index contributed by atoms with van der Waals surface area (Å²) in [5.74, 6) is -0.747. The zero-order valence-corrected chi connectivity index (χ0v) is 15.1. The molecule has 2 aliphatic rings. The molecule has 0 radical (unpaired) electrons. The minimum absolute atomic E-state index is 0.0798. The first kappa shape index (κ1) is 18.2. The molecule has 2 saturated heterocycles. The molecule has 2 heterocycles. The number of halogens is 2. The van der Waals surface area contributed by atoms with Gasteiger partial charge in [-0.25, -0.2) is 4.39 Å². The smallest absolute Gasteiger partial charge is 0.227 e. The van der Waals surface area contributed by atoms with E-state index < -0.39 is 6.17 Å². The van der Waals surface area contributed by atoms with Crippen LogP contribution >= 0.6 is 15.9 Å². The van der Waals surface area contributed by atoms with Crippen LogP contribution in [0.15, 0.2) is 22.7 Å². The van der Waals surface area contributed by atoms with Crippen LogP contribution in [0.3, 0.4) is 0 Å². The molecule has 2 atom stereocenters. The Morgan fingerprint density at radius 1 is 1.40 bits per heavy atom. The summed E-state index contributed by atoms with van der Waals surface area (Å²) >= 11 is 3.21. The standard InChI is InChI=1S/C16H20BrFN4O3/c17-11-7-10(18)1-2-12(11)19-15(23)8-13-20-14(9-16(24)21-13)22-3-5-25-6-4-22/h1-2,7,13-14,20H,3-6,8-9H2,(H,19,23)(H,21,24). The number of hydrogen-bond acceptors (Lipinski definition) is 5. The Balaban J connectivity index is 1.57. The summed E-state index contributed by atoms with van der Waals surface area (Å²) in [6.07, 6.45) is -0.126. The molecule has 3 N–H and O–H groups in total. The first-order valence-corrected chi connectivity index (χ1v) is 8.92. The fourth-order valence-electron chi connectivity index (χ4n) is 2.97. The molecule has 25 heavy (non-hydrogen) atoms. The van der Waals surface area contributed by atoms with Crippen LogP contribution in [0, 0.1) is 5.82 Å². The molecule has 0 bridgehead atoms. The van der Waals surface area contributed by atoms with Gasteiger partial charge in [0.25, 0.3) is 0 Å². The normalized spacial score (nSPS) is 24.6. The fraction of sp³-hybridized carbons (Fsp3) is 0.500. The number of morpholine rings is 1. The molecule has 136 valence electrons. The van der Waals surface area contributed by atoms with Gasteiger partial charge in [-0.05, 0) is 34.1 Å². The molecule has 7 nitrogen and oxygen atoms in total. The number of hydrogen-bond donors (Lipinski definition) is 3. The predicted molar refractivity (Wildman–Crippen MR) is 93.2 cm³/mol. The third-order valence-corrected chi connectivity index (χ3v) is 4.84. The number of amides is 2. The van der Waals surface area contributed by atoms with Gasteiger partial charge >= 0.3 is 0 Å². The Bertz CT molecular complexity index is 654. The second kappa shape index (κ2) is 8.22. The van der Waals surface area contributed by atoms with E-state index in [9.17, 15) is 14.0 Å². The maximum atomic E-state index is 13.1. The van der Waals surface area contributed by atoms with Crippen LogP contribution in [0.2, 0.25) is 0 Å². The summed E-state index contributed by atoms with van der Waals surface area (Å²) in [7, 11) is 0. The lowest BCUT2D eigenvalue weighted by molar-refractivity contribution is -0.128. The van der Waals surface area contributed by atoms with Crippen LogP contribution < -0.4 is 16.0 Å². The van der Waals surface area contributed by atoms with E-state index in [1.807, 2.05) is 0 Å². The summed E-state index contributed by atoms with van der Waals surface area (Å²) in [5.41, 5.74) is 0.485. The van der Waals surface area contributed by atoms with Gasteiger partial charge < -0.3 is 15.4 Å². The van der Waals surface area contributed by atoms with Crippen molar-refractivity contribution in [2.75, 3.05) is 31.6 Å². The molecule has 1 aromatic rings. The van der Waals surface area contributed by atoms with Gasteiger partial charge in [0, 0.05) is 17.6 Å². The lowest BCUT2D eigenvalue weighted by Crippen LogP contribution is -2.63. The quantitative estimate of drug-likeness (QED) is 0.684. The molecule has 2 amide bonds. The Kier molecular flexibility index (Phi) is 6.00. The molecule has 1 aromatic carbocycles. The highest BCUT2D eigenvalue weighted by Gasteiger charge is 2.31. The lowest BCUT2D eigenvalue weighted by atomic mass is 10.1. The average molecular weight is 415 g/mol. The molecule has 2 aliphatic heterocycles. The molecule has 0 saturated carbocycles. The summed E-state index contributed by atoms with van der Waals surface area (Å²) in [6, 6.07) is 4.04. The average Bonchev–Trinajstić information content (AvgIpc) is 2.58. The molecular formula is C16H20BrFN4O3.